The summed E-state index contributed by atoms with van der Waals surface area (Å²) in [6, 6.07) is 10.9. The van der Waals surface area contributed by atoms with Crippen molar-refractivity contribution in [2.45, 2.75) is 37.8 Å². The highest BCUT2D eigenvalue weighted by atomic mass is 15.3. The van der Waals surface area contributed by atoms with Gasteiger partial charge >= 0.3 is 0 Å². The standard InChI is InChI=1S/C24H28N8/c1-31-11-10-22(30-31)21-14-26-23(29-24(21)28-20-8-6-19(25)7-9-20)17-5-3-4-16(12-17)18-13-27-32(2)15-18/h3-5,10-15,19-20H,6-9,25H2,1-2H3,(H,26,28,29). The summed E-state index contributed by atoms with van der Waals surface area (Å²) in [5.41, 5.74) is 11.0. The van der Waals surface area contributed by atoms with Crippen LogP contribution in [0.25, 0.3) is 33.8 Å². The molecule has 0 radical (unpaired) electrons. The lowest BCUT2D eigenvalue weighted by atomic mass is 9.92. The van der Waals surface area contributed by atoms with E-state index in [1.165, 1.54) is 0 Å². The third kappa shape index (κ3) is 4.27. The van der Waals surface area contributed by atoms with Crippen molar-refractivity contribution in [1.29, 1.82) is 0 Å². The maximum absolute atomic E-state index is 6.11. The van der Waals surface area contributed by atoms with Crippen LogP contribution in [-0.2, 0) is 14.1 Å². The van der Waals surface area contributed by atoms with Crippen LogP contribution in [0.2, 0.25) is 0 Å². The first-order valence-corrected chi connectivity index (χ1v) is 11.0. The molecular formula is C24H28N8. The molecule has 0 atom stereocenters. The fourth-order valence-electron chi connectivity index (χ4n) is 4.24. The zero-order valence-corrected chi connectivity index (χ0v) is 18.4. The van der Waals surface area contributed by atoms with Crippen LogP contribution in [0.15, 0.2) is 55.1 Å². The molecule has 32 heavy (non-hydrogen) atoms. The molecule has 5 rings (SSSR count). The summed E-state index contributed by atoms with van der Waals surface area (Å²) in [7, 11) is 3.83. The van der Waals surface area contributed by atoms with Crippen molar-refractivity contribution in [3.63, 3.8) is 0 Å². The molecule has 1 aliphatic carbocycles. The van der Waals surface area contributed by atoms with E-state index in [1.807, 2.05) is 57.1 Å². The molecule has 1 saturated carbocycles. The molecular weight excluding hydrogens is 400 g/mol. The normalized spacial score (nSPS) is 18.6. The van der Waals surface area contributed by atoms with Crippen LogP contribution in [-0.4, -0.2) is 41.6 Å². The Labute approximate surface area is 187 Å². The number of hydrogen-bond donors (Lipinski definition) is 2. The predicted molar refractivity (Wildman–Crippen MR) is 126 cm³/mol. The molecule has 4 aromatic rings. The molecule has 1 fully saturated rings. The van der Waals surface area contributed by atoms with E-state index < -0.39 is 0 Å². The van der Waals surface area contributed by atoms with E-state index in [1.54, 1.807) is 9.36 Å². The van der Waals surface area contributed by atoms with E-state index in [0.29, 0.717) is 17.9 Å². The molecule has 8 nitrogen and oxygen atoms in total. The highest BCUT2D eigenvalue weighted by Gasteiger charge is 2.21. The molecule has 0 spiro atoms. The molecule has 164 valence electrons. The lowest BCUT2D eigenvalue weighted by Crippen LogP contribution is -2.33. The second-order valence-electron chi connectivity index (χ2n) is 8.57. The van der Waals surface area contributed by atoms with Gasteiger partial charge in [0, 0.05) is 55.9 Å². The van der Waals surface area contributed by atoms with E-state index in [0.717, 1.165) is 59.4 Å². The molecule has 0 aliphatic heterocycles. The highest BCUT2D eigenvalue weighted by Crippen LogP contribution is 2.31. The van der Waals surface area contributed by atoms with Gasteiger partial charge in [0.1, 0.15) is 5.82 Å². The van der Waals surface area contributed by atoms with Crippen LogP contribution in [0, 0.1) is 0 Å². The number of nitrogens with one attached hydrogen (secondary N) is 1. The van der Waals surface area contributed by atoms with Gasteiger partial charge in [0.2, 0.25) is 0 Å². The van der Waals surface area contributed by atoms with E-state index in [2.05, 4.69) is 27.6 Å². The number of aromatic nitrogens is 6. The van der Waals surface area contributed by atoms with Gasteiger partial charge in [-0.15, -0.1) is 0 Å². The van der Waals surface area contributed by atoms with Gasteiger partial charge in [-0.2, -0.15) is 10.2 Å². The Morgan fingerprint density at radius 2 is 1.78 bits per heavy atom. The van der Waals surface area contributed by atoms with Gasteiger partial charge in [-0.05, 0) is 43.4 Å². The van der Waals surface area contributed by atoms with Gasteiger partial charge in [-0.25, -0.2) is 9.97 Å². The topological polar surface area (TPSA) is 99.5 Å². The largest absolute Gasteiger partial charge is 0.367 e. The van der Waals surface area contributed by atoms with Crippen LogP contribution in [0.3, 0.4) is 0 Å². The fourth-order valence-corrected chi connectivity index (χ4v) is 4.24. The lowest BCUT2D eigenvalue weighted by Gasteiger charge is -2.27. The summed E-state index contributed by atoms with van der Waals surface area (Å²) in [6.45, 7) is 0. The summed E-state index contributed by atoms with van der Waals surface area (Å²) in [5, 5.41) is 12.5. The Hall–Kier alpha value is -3.52. The van der Waals surface area contributed by atoms with Crippen molar-refractivity contribution < 1.29 is 0 Å². The Bertz CT molecular complexity index is 1220. The van der Waals surface area contributed by atoms with E-state index in [9.17, 15) is 0 Å². The molecule has 3 N–H and O–H groups in total. The minimum Gasteiger partial charge on any atom is -0.367 e. The monoisotopic (exact) mass is 428 g/mol. The van der Waals surface area contributed by atoms with Gasteiger partial charge in [-0.3, -0.25) is 9.36 Å². The van der Waals surface area contributed by atoms with Gasteiger partial charge in [-0.1, -0.05) is 18.2 Å². The van der Waals surface area contributed by atoms with Gasteiger partial charge in [0.15, 0.2) is 5.82 Å². The Morgan fingerprint density at radius 3 is 2.50 bits per heavy atom. The van der Waals surface area contributed by atoms with Crippen molar-refractivity contribution in [2.24, 2.45) is 19.8 Å². The SMILES string of the molecule is Cn1cc(-c2cccc(-c3ncc(-c4ccn(C)n4)c(NC4CCC(N)CC4)n3)c2)cn1. The first kappa shape index (κ1) is 20.4. The predicted octanol–water partition coefficient (Wildman–Crippen LogP) is 3.63. The van der Waals surface area contributed by atoms with Crippen molar-refractivity contribution in [3.05, 3.63) is 55.1 Å². The highest BCUT2D eigenvalue weighted by molar-refractivity contribution is 5.75. The minimum atomic E-state index is 0.305. The maximum Gasteiger partial charge on any atom is 0.161 e. The van der Waals surface area contributed by atoms with E-state index >= 15 is 0 Å². The summed E-state index contributed by atoms with van der Waals surface area (Å²) in [4.78, 5) is 9.66. The number of anilines is 1. The molecule has 1 aromatic carbocycles. The minimum absolute atomic E-state index is 0.305. The zero-order chi connectivity index (χ0) is 22.1. The zero-order valence-electron chi connectivity index (χ0n) is 18.4. The van der Waals surface area contributed by atoms with Crippen molar-refractivity contribution in [3.8, 4) is 33.8 Å². The average molecular weight is 429 g/mol. The third-order valence-corrected chi connectivity index (χ3v) is 6.05. The maximum atomic E-state index is 6.11. The first-order valence-electron chi connectivity index (χ1n) is 11.0. The lowest BCUT2D eigenvalue weighted by molar-refractivity contribution is 0.410. The number of rotatable bonds is 5. The first-order chi connectivity index (χ1) is 15.5. The molecule has 3 heterocycles. The number of nitrogens with zero attached hydrogens (tertiary/aromatic N) is 6. The van der Waals surface area contributed by atoms with E-state index in [-0.39, 0.29) is 0 Å². The van der Waals surface area contributed by atoms with E-state index in [4.69, 9.17) is 15.7 Å². The summed E-state index contributed by atoms with van der Waals surface area (Å²) < 4.78 is 3.60. The summed E-state index contributed by atoms with van der Waals surface area (Å²) >= 11 is 0. The van der Waals surface area contributed by atoms with Crippen molar-refractivity contribution in [2.75, 3.05) is 5.32 Å². The number of hydrogen-bond acceptors (Lipinski definition) is 6. The van der Waals surface area contributed by atoms with Crippen molar-refractivity contribution in [1.82, 2.24) is 29.5 Å². The number of nitrogens with two attached hydrogens (primary N) is 1. The smallest absolute Gasteiger partial charge is 0.161 e. The van der Waals surface area contributed by atoms with Gasteiger partial charge in [0.25, 0.3) is 0 Å². The fraction of sp³-hybridized carbons (Fsp3) is 0.333. The summed E-state index contributed by atoms with van der Waals surface area (Å²) in [5.74, 6) is 1.51. The summed E-state index contributed by atoms with van der Waals surface area (Å²) in [6.07, 6.45) is 11.8. The van der Waals surface area contributed by atoms with Crippen molar-refractivity contribution >= 4 is 5.82 Å². The quantitative estimate of drug-likeness (QED) is 0.504. The molecule has 3 aromatic heterocycles. The van der Waals surface area contributed by atoms with Crippen LogP contribution < -0.4 is 11.1 Å². The second-order valence-corrected chi connectivity index (χ2v) is 8.57. The number of aryl methyl sites for hydroxylation is 2. The van der Waals surface area contributed by atoms with Crippen LogP contribution in [0.1, 0.15) is 25.7 Å². The molecule has 0 saturated heterocycles. The van der Waals surface area contributed by atoms with Gasteiger partial charge in [0.05, 0.1) is 17.5 Å². The average Bonchev–Trinajstić information content (AvgIpc) is 3.44. The Balaban J connectivity index is 1.51. The molecule has 0 bridgehead atoms. The van der Waals surface area contributed by atoms with Crippen LogP contribution in [0.4, 0.5) is 5.82 Å². The Kier molecular flexibility index (Phi) is 5.45. The molecule has 0 unspecified atom stereocenters. The third-order valence-electron chi connectivity index (χ3n) is 6.05. The Morgan fingerprint density at radius 1 is 0.969 bits per heavy atom. The molecule has 8 heteroatoms. The second kappa shape index (κ2) is 8.55. The molecule has 1 aliphatic rings. The van der Waals surface area contributed by atoms with Gasteiger partial charge < -0.3 is 11.1 Å². The van der Waals surface area contributed by atoms with Crippen LogP contribution >= 0.6 is 0 Å². The molecule has 0 amide bonds. The number of benzene rings is 1. The van der Waals surface area contributed by atoms with Crippen LogP contribution in [0.5, 0.6) is 0 Å².